The van der Waals surface area contributed by atoms with E-state index in [-0.39, 0.29) is 0 Å². The van der Waals surface area contributed by atoms with E-state index in [1.54, 1.807) is 0 Å². The Morgan fingerprint density at radius 1 is 1.38 bits per heavy atom. The lowest BCUT2D eigenvalue weighted by molar-refractivity contribution is 1.08. The van der Waals surface area contributed by atoms with E-state index >= 15 is 0 Å². The fraction of sp³-hybridized carbons (Fsp3) is 0.375. The Morgan fingerprint density at radius 2 is 2.12 bits per heavy atom. The van der Waals surface area contributed by atoms with Crippen molar-refractivity contribution in [3.63, 3.8) is 0 Å². The molecule has 0 unspecified atom stereocenters. The minimum absolute atomic E-state index is 0.458. The highest BCUT2D eigenvalue weighted by molar-refractivity contribution is 5.05. The van der Waals surface area contributed by atoms with Crippen LogP contribution < -0.4 is 0 Å². The molecule has 0 amide bonds. The molecular weight excluding hydrogens is 96.1 g/mol. The Morgan fingerprint density at radius 3 is 2.62 bits per heavy atom. The van der Waals surface area contributed by atoms with Gasteiger partial charge in [-0.2, -0.15) is 0 Å². The molecule has 0 saturated carbocycles. The summed E-state index contributed by atoms with van der Waals surface area (Å²) in [7, 11) is 0. The molecule has 0 heteroatoms. The average molecular weight is 104 g/mol. The topological polar surface area (TPSA) is 0 Å². The second kappa shape index (κ2) is 6.12. The summed E-state index contributed by atoms with van der Waals surface area (Å²) in [6.45, 7) is 3.61. The van der Waals surface area contributed by atoms with Crippen LogP contribution in [-0.2, 0) is 0 Å². The first-order chi connectivity index (χ1) is 3.91. The summed E-state index contributed by atoms with van der Waals surface area (Å²) in [5.74, 6) is 7.77. The van der Waals surface area contributed by atoms with Gasteiger partial charge < -0.3 is 0 Å². The van der Waals surface area contributed by atoms with Crippen molar-refractivity contribution < 1.29 is 0 Å². The van der Waals surface area contributed by atoms with E-state index in [1.165, 1.54) is 0 Å². The molecule has 0 heterocycles. The van der Waals surface area contributed by atoms with Crippen molar-refractivity contribution in [2.24, 2.45) is 0 Å². The third-order valence-electron chi connectivity index (χ3n) is 0.604. The summed E-state index contributed by atoms with van der Waals surface area (Å²) >= 11 is 0. The largest absolute Gasteiger partial charge is 0.102 e. The Kier molecular flexibility index (Phi) is 5.45. The third-order valence-corrected chi connectivity index (χ3v) is 0.604. The average Bonchev–Trinajstić information content (AvgIpc) is 1.81. The van der Waals surface area contributed by atoms with Crippen molar-refractivity contribution in [3.8, 4) is 17.8 Å². The van der Waals surface area contributed by atoms with Gasteiger partial charge in [-0.1, -0.05) is 18.8 Å². The van der Waals surface area contributed by atoms with E-state index in [2.05, 4.69) is 24.7 Å². The lowest BCUT2D eigenvalue weighted by Crippen LogP contribution is -1.61. The van der Waals surface area contributed by atoms with Crippen LogP contribution in [0.4, 0.5) is 0 Å². The molecule has 0 aromatic heterocycles. The maximum atomic E-state index is 6.47. The van der Waals surface area contributed by atoms with Gasteiger partial charge in [0.15, 0.2) is 0 Å². The monoisotopic (exact) mass is 104 g/mol. The highest BCUT2D eigenvalue weighted by atomic mass is 13.7. The second-order valence-electron chi connectivity index (χ2n) is 1.31. The molecule has 0 aliphatic carbocycles. The van der Waals surface area contributed by atoms with E-state index in [0.29, 0.717) is 6.42 Å². The summed E-state index contributed by atoms with van der Waals surface area (Å²) in [5.41, 5.74) is 0. The minimum Gasteiger partial charge on any atom is -0.102 e. The van der Waals surface area contributed by atoms with E-state index < -0.39 is 0 Å². The van der Waals surface area contributed by atoms with Crippen molar-refractivity contribution >= 4 is 0 Å². The van der Waals surface area contributed by atoms with Crippen LogP contribution in [0.5, 0.6) is 0 Å². The summed E-state index contributed by atoms with van der Waals surface area (Å²) in [5, 5.41) is 0. The maximum absolute atomic E-state index is 6.47. The molecule has 0 nitrogen and oxygen atoms in total. The van der Waals surface area contributed by atoms with Gasteiger partial charge in [0.1, 0.15) is 0 Å². The summed E-state index contributed by atoms with van der Waals surface area (Å²) in [6.07, 6.45) is 8.62. The van der Waals surface area contributed by atoms with Gasteiger partial charge in [0, 0.05) is 6.42 Å². The van der Waals surface area contributed by atoms with Gasteiger partial charge in [0.2, 0.25) is 0 Å². The highest BCUT2D eigenvalue weighted by Gasteiger charge is 1.67. The van der Waals surface area contributed by atoms with Gasteiger partial charge in [-0.15, -0.1) is 5.92 Å². The molecule has 8 heavy (non-hydrogen) atoms. The van der Waals surface area contributed by atoms with E-state index in [9.17, 15) is 0 Å². The Labute approximate surface area is 51.3 Å². The predicted octanol–water partition coefficient (Wildman–Crippen LogP) is 1.58. The van der Waals surface area contributed by atoms with Gasteiger partial charge in [-0.25, -0.2) is 0 Å². The highest BCUT2D eigenvalue weighted by Crippen LogP contribution is 1.80. The van der Waals surface area contributed by atoms with Crippen molar-refractivity contribution in [1.82, 2.24) is 0 Å². The van der Waals surface area contributed by atoms with Crippen LogP contribution >= 0.6 is 0 Å². The zero-order chi connectivity index (χ0) is 6.24. The Balaban J connectivity index is 3.11. The molecular formula is C8H8. The molecule has 2 radical (unpaired) electrons. The normalized spacial score (nSPS) is 6.50. The van der Waals surface area contributed by atoms with Crippen molar-refractivity contribution in [2.75, 3.05) is 0 Å². The van der Waals surface area contributed by atoms with Crippen LogP contribution in [0.1, 0.15) is 19.3 Å². The molecule has 0 fully saturated rings. The molecule has 0 saturated heterocycles. The van der Waals surface area contributed by atoms with E-state index in [0.717, 1.165) is 12.8 Å². The number of unbranched alkanes of at least 4 members (excludes halogenated alkanes) is 1. The van der Waals surface area contributed by atoms with Gasteiger partial charge in [-0.05, 0) is 12.8 Å². The lowest BCUT2D eigenvalue weighted by Gasteiger charge is -1.74. The van der Waals surface area contributed by atoms with Gasteiger partial charge >= 0.3 is 0 Å². The zero-order valence-corrected chi connectivity index (χ0v) is 4.83. The maximum Gasteiger partial charge on any atom is 0.0712 e. The first-order valence-corrected chi connectivity index (χ1v) is 2.56. The molecule has 0 bridgehead atoms. The molecule has 0 N–H and O–H groups in total. The fourth-order valence-corrected chi connectivity index (χ4v) is 0.283. The summed E-state index contributed by atoms with van der Waals surface area (Å²) in [6, 6.07) is 0. The number of hydrogen-bond acceptors (Lipinski definition) is 0. The molecule has 0 aromatic carbocycles. The first kappa shape index (κ1) is 7.12. The standard InChI is InChI=1S/C8H8/c1-3-5-7-8-6-4-2/h1,3,5-6H2. The molecule has 0 aliphatic rings. The fourth-order valence-electron chi connectivity index (χ4n) is 0.283. The van der Waals surface area contributed by atoms with E-state index in [4.69, 9.17) is 6.42 Å². The van der Waals surface area contributed by atoms with Crippen molar-refractivity contribution in [3.05, 3.63) is 13.3 Å². The first-order valence-electron chi connectivity index (χ1n) is 2.56. The van der Waals surface area contributed by atoms with Crippen LogP contribution in [0.3, 0.4) is 0 Å². The van der Waals surface area contributed by atoms with Crippen LogP contribution in [-0.4, -0.2) is 0 Å². The second-order valence-corrected chi connectivity index (χ2v) is 1.31. The molecule has 0 aliphatic heterocycles. The Bertz CT molecular complexity index is 126. The molecule has 0 atom stereocenters. The predicted molar refractivity (Wildman–Crippen MR) is 34.1 cm³/mol. The molecule has 40 valence electrons. The lowest BCUT2D eigenvalue weighted by atomic mass is 10.3. The zero-order valence-electron chi connectivity index (χ0n) is 4.83. The quantitative estimate of drug-likeness (QED) is 0.443. The number of rotatable bonds is 1. The van der Waals surface area contributed by atoms with Crippen LogP contribution in [0.2, 0.25) is 0 Å². The number of hydrogen-bond donors (Lipinski definition) is 0. The summed E-state index contributed by atoms with van der Waals surface area (Å²) in [4.78, 5) is 0. The molecule has 0 rings (SSSR count). The third kappa shape index (κ3) is 5.12. The smallest absolute Gasteiger partial charge is 0.0712 e. The Hall–Kier alpha value is -0.880. The molecule has 0 spiro atoms. The van der Waals surface area contributed by atoms with Gasteiger partial charge in [-0.3, -0.25) is 0 Å². The van der Waals surface area contributed by atoms with E-state index in [1.807, 2.05) is 0 Å². The van der Waals surface area contributed by atoms with Gasteiger partial charge in [0.05, 0.1) is 6.42 Å². The van der Waals surface area contributed by atoms with Gasteiger partial charge in [0.25, 0.3) is 0 Å². The van der Waals surface area contributed by atoms with Crippen molar-refractivity contribution in [1.29, 1.82) is 0 Å². The van der Waals surface area contributed by atoms with Crippen LogP contribution in [0, 0.1) is 31.1 Å². The SMILES string of the molecule is [C]#CCC#CCC[CH2]. The minimum atomic E-state index is 0.458. The van der Waals surface area contributed by atoms with Crippen molar-refractivity contribution in [2.45, 2.75) is 19.3 Å². The summed E-state index contributed by atoms with van der Waals surface area (Å²) < 4.78 is 0. The van der Waals surface area contributed by atoms with Crippen LogP contribution in [0.25, 0.3) is 0 Å². The molecule has 0 aromatic rings. The van der Waals surface area contributed by atoms with Crippen LogP contribution in [0.15, 0.2) is 0 Å².